The van der Waals surface area contributed by atoms with Gasteiger partial charge in [-0.2, -0.15) is 0 Å². The van der Waals surface area contributed by atoms with Gasteiger partial charge in [-0.15, -0.1) is 0 Å². The lowest BCUT2D eigenvalue weighted by Gasteiger charge is -2.15. The van der Waals surface area contributed by atoms with E-state index >= 15 is 0 Å². The fourth-order valence-electron chi connectivity index (χ4n) is 1.16. The van der Waals surface area contributed by atoms with Crippen molar-refractivity contribution in [1.82, 2.24) is 5.43 Å². The molecule has 0 bridgehead atoms. The molecule has 0 fully saturated rings. The third-order valence-corrected chi connectivity index (χ3v) is 2.28. The van der Waals surface area contributed by atoms with Gasteiger partial charge in [0.2, 0.25) is 0 Å². The maximum Gasteiger partial charge on any atom is 0.255 e. The molecule has 0 saturated carbocycles. The Morgan fingerprint density at radius 1 is 1.40 bits per heavy atom. The minimum atomic E-state index is -2.66. The van der Waals surface area contributed by atoms with E-state index in [0.29, 0.717) is 0 Å². The Kier molecular flexibility index (Phi) is 4.38. The average Bonchev–Trinajstić information content (AvgIpc) is 2.19. The molecule has 1 unspecified atom stereocenters. The van der Waals surface area contributed by atoms with Crippen LogP contribution < -0.4 is 11.3 Å². The van der Waals surface area contributed by atoms with Crippen LogP contribution in [0.1, 0.15) is 5.56 Å². The van der Waals surface area contributed by atoms with E-state index in [0.717, 1.165) is 0 Å². The van der Waals surface area contributed by atoms with E-state index < -0.39 is 18.3 Å². The molecular formula is C9H10ClF3N2. The van der Waals surface area contributed by atoms with Crippen molar-refractivity contribution in [1.29, 1.82) is 0 Å². The van der Waals surface area contributed by atoms with Crippen molar-refractivity contribution in [3.63, 3.8) is 0 Å². The molecule has 0 radical (unpaired) electrons. The summed E-state index contributed by atoms with van der Waals surface area (Å²) >= 11 is 5.51. The van der Waals surface area contributed by atoms with Crippen molar-refractivity contribution in [2.75, 3.05) is 0 Å². The monoisotopic (exact) mass is 238 g/mol. The minimum absolute atomic E-state index is 0.0856. The summed E-state index contributed by atoms with van der Waals surface area (Å²) in [5.74, 6) is 4.24. The zero-order valence-corrected chi connectivity index (χ0v) is 8.44. The summed E-state index contributed by atoms with van der Waals surface area (Å²) < 4.78 is 38.0. The van der Waals surface area contributed by atoms with Gasteiger partial charge in [0.25, 0.3) is 6.43 Å². The Balaban J connectivity index is 2.84. The van der Waals surface area contributed by atoms with Crippen molar-refractivity contribution >= 4 is 11.6 Å². The second kappa shape index (κ2) is 5.34. The van der Waals surface area contributed by atoms with Crippen LogP contribution in [-0.4, -0.2) is 12.5 Å². The molecule has 15 heavy (non-hydrogen) atoms. The Bertz CT molecular complexity index is 333. The van der Waals surface area contributed by atoms with Gasteiger partial charge in [0.05, 0.1) is 11.1 Å². The zero-order valence-electron chi connectivity index (χ0n) is 7.68. The highest BCUT2D eigenvalue weighted by Gasteiger charge is 2.21. The SMILES string of the molecule is NNC(Cc1cccc(Cl)c1F)C(F)F. The summed E-state index contributed by atoms with van der Waals surface area (Å²) in [6.45, 7) is 0. The number of rotatable bonds is 4. The topological polar surface area (TPSA) is 38.0 Å². The molecule has 0 aromatic heterocycles. The molecule has 0 spiro atoms. The summed E-state index contributed by atoms with van der Waals surface area (Å²) in [4.78, 5) is 0. The van der Waals surface area contributed by atoms with Crippen LogP contribution in [0.4, 0.5) is 13.2 Å². The number of hydrogen-bond acceptors (Lipinski definition) is 2. The summed E-state index contributed by atoms with van der Waals surface area (Å²) in [7, 11) is 0. The van der Waals surface area contributed by atoms with Crippen LogP contribution in [0.15, 0.2) is 18.2 Å². The second-order valence-electron chi connectivity index (χ2n) is 3.02. The van der Waals surface area contributed by atoms with Crippen LogP contribution in [0.2, 0.25) is 5.02 Å². The van der Waals surface area contributed by atoms with Crippen molar-refractivity contribution in [3.8, 4) is 0 Å². The largest absolute Gasteiger partial charge is 0.271 e. The maximum absolute atomic E-state index is 13.3. The number of alkyl halides is 2. The third-order valence-electron chi connectivity index (χ3n) is 1.99. The van der Waals surface area contributed by atoms with Gasteiger partial charge >= 0.3 is 0 Å². The number of halogens is 4. The molecule has 3 N–H and O–H groups in total. The summed E-state index contributed by atoms with van der Waals surface area (Å²) in [6.07, 6.45) is -2.87. The zero-order chi connectivity index (χ0) is 11.4. The van der Waals surface area contributed by atoms with Crippen LogP contribution in [0, 0.1) is 5.82 Å². The van der Waals surface area contributed by atoms with E-state index in [2.05, 4.69) is 0 Å². The normalized spacial score (nSPS) is 13.2. The molecule has 84 valence electrons. The first-order valence-electron chi connectivity index (χ1n) is 4.23. The van der Waals surface area contributed by atoms with Crippen LogP contribution >= 0.6 is 11.6 Å². The molecule has 1 atom stereocenters. The van der Waals surface area contributed by atoms with Gasteiger partial charge in [-0.25, -0.2) is 13.2 Å². The molecule has 0 saturated heterocycles. The molecule has 1 aromatic rings. The summed E-state index contributed by atoms with van der Waals surface area (Å²) in [6, 6.07) is 2.97. The van der Waals surface area contributed by atoms with E-state index in [1.54, 1.807) is 0 Å². The Morgan fingerprint density at radius 2 is 2.07 bits per heavy atom. The maximum atomic E-state index is 13.3. The van der Waals surface area contributed by atoms with Crippen molar-refractivity contribution in [2.24, 2.45) is 5.84 Å². The fraction of sp³-hybridized carbons (Fsp3) is 0.333. The lowest BCUT2D eigenvalue weighted by molar-refractivity contribution is 0.0980. The quantitative estimate of drug-likeness (QED) is 0.623. The van der Waals surface area contributed by atoms with Crippen LogP contribution in [0.5, 0.6) is 0 Å². The van der Waals surface area contributed by atoms with Crippen molar-refractivity contribution in [3.05, 3.63) is 34.6 Å². The van der Waals surface area contributed by atoms with Gasteiger partial charge < -0.3 is 0 Å². The predicted octanol–water partition coefficient (Wildman–Crippen LogP) is 2.12. The molecule has 0 aliphatic rings. The molecular weight excluding hydrogens is 229 g/mol. The fourth-order valence-corrected chi connectivity index (χ4v) is 1.36. The molecule has 0 aliphatic carbocycles. The molecule has 2 nitrogen and oxygen atoms in total. The number of hydrazine groups is 1. The third kappa shape index (κ3) is 3.09. The van der Waals surface area contributed by atoms with Gasteiger partial charge in [-0.3, -0.25) is 11.3 Å². The van der Waals surface area contributed by atoms with Gasteiger partial charge in [0.1, 0.15) is 5.82 Å². The highest BCUT2D eigenvalue weighted by atomic mass is 35.5. The second-order valence-corrected chi connectivity index (χ2v) is 3.43. The lowest BCUT2D eigenvalue weighted by Crippen LogP contribution is -2.42. The lowest BCUT2D eigenvalue weighted by atomic mass is 10.1. The first kappa shape index (κ1) is 12.3. The first-order valence-corrected chi connectivity index (χ1v) is 4.61. The molecule has 0 amide bonds. The molecule has 0 heterocycles. The van der Waals surface area contributed by atoms with E-state index in [9.17, 15) is 13.2 Å². The van der Waals surface area contributed by atoms with Crippen molar-refractivity contribution < 1.29 is 13.2 Å². The summed E-state index contributed by atoms with van der Waals surface area (Å²) in [5.41, 5.74) is 2.05. The molecule has 6 heteroatoms. The Morgan fingerprint density at radius 3 is 2.60 bits per heavy atom. The van der Waals surface area contributed by atoms with E-state index in [1.165, 1.54) is 18.2 Å². The van der Waals surface area contributed by atoms with E-state index in [-0.39, 0.29) is 17.0 Å². The minimum Gasteiger partial charge on any atom is -0.271 e. The highest BCUT2D eigenvalue weighted by molar-refractivity contribution is 6.30. The number of nitrogens with two attached hydrogens (primary N) is 1. The van der Waals surface area contributed by atoms with Gasteiger partial charge in [0, 0.05) is 0 Å². The van der Waals surface area contributed by atoms with Crippen LogP contribution in [0.25, 0.3) is 0 Å². The average molecular weight is 239 g/mol. The molecule has 1 aromatic carbocycles. The summed E-state index contributed by atoms with van der Waals surface area (Å²) in [5, 5.41) is -0.0856. The highest BCUT2D eigenvalue weighted by Crippen LogP contribution is 2.20. The number of hydrogen-bond donors (Lipinski definition) is 2. The van der Waals surface area contributed by atoms with Gasteiger partial charge in [-0.05, 0) is 18.1 Å². The predicted molar refractivity (Wildman–Crippen MR) is 52.2 cm³/mol. The Hall–Kier alpha value is -0.780. The molecule has 1 rings (SSSR count). The van der Waals surface area contributed by atoms with E-state index in [4.69, 9.17) is 17.4 Å². The first-order chi connectivity index (χ1) is 7.06. The van der Waals surface area contributed by atoms with Crippen LogP contribution in [0.3, 0.4) is 0 Å². The van der Waals surface area contributed by atoms with Gasteiger partial charge in [-0.1, -0.05) is 23.7 Å². The molecule has 0 aliphatic heterocycles. The number of benzene rings is 1. The Labute approximate surface area is 90.2 Å². The van der Waals surface area contributed by atoms with Gasteiger partial charge in [0.15, 0.2) is 0 Å². The van der Waals surface area contributed by atoms with E-state index in [1.807, 2.05) is 5.43 Å². The number of nitrogens with one attached hydrogen (secondary N) is 1. The standard InChI is InChI=1S/C9H10ClF3N2/c10-6-3-1-2-5(8(6)11)4-7(15-14)9(12)13/h1-3,7,9,15H,4,14H2. The van der Waals surface area contributed by atoms with Crippen molar-refractivity contribution in [2.45, 2.75) is 18.9 Å². The smallest absolute Gasteiger partial charge is 0.255 e. The van der Waals surface area contributed by atoms with Crippen LogP contribution in [-0.2, 0) is 6.42 Å².